The van der Waals surface area contributed by atoms with Gasteiger partial charge in [0.2, 0.25) is 5.91 Å². The zero-order valence-corrected chi connectivity index (χ0v) is 21.4. The summed E-state index contributed by atoms with van der Waals surface area (Å²) in [4.78, 5) is 37.3. The molecule has 0 bridgehead atoms. The standard InChI is InChI=1S/C23H32N3O9P/c1-14(2)33-21(30)15(3)25-36(31,35-17-8-6-5-7-9-17)32-13-18-20(29)23(4,24)22(34-18)26-11-10-16(27)12-19(26)28/h5-11,14-15,18,20,22,29H,12-13,24H2,1-4H3,(H,25,31)/t15-,18-,20-,22-,23-,36?/m1/s1. The first-order valence-corrected chi connectivity index (χ1v) is 13.0. The van der Waals surface area contributed by atoms with E-state index in [1.165, 1.54) is 26.1 Å². The van der Waals surface area contributed by atoms with Crippen LogP contribution in [0, 0.1) is 0 Å². The van der Waals surface area contributed by atoms with Gasteiger partial charge in [-0.1, -0.05) is 18.2 Å². The van der Waals surface area contributed by atoms with Crippen LogP contribution in [0.15, 0.2) is 42.6 Å². The number of nitrogens with two attached hydrogens (primary N) is 1. The zero-order chi connectivity index (χ0) is 26.7. The van der Waals surface area contributed by atoms with Gasteiger partial charge >= 0.3 is 13.7 Å². The van der Waals surface area contributed by atoms with Gasteiger partial charge < -0.3 is 24.8 Å². The Hall–Kier alpha value is -2.60. The second-order valence-electron chi connectivity index (χ2n) is 9.13. The Balaban J connectivity index is 1.76. The van der Waals surface area contributed by atoms with Gasteiger partial charge in [-0.3, -0.25) is 23.8 Å². The number of amides is 1. The van der Waals surface area contributed by atoms with E-state index in [1.54, 1.807) is 44.2 Å². The van der Waals surface area contributed by atoms with Gasteiger partial charge in [0.1, 0.15) is 24.0 Å². The number of carbonyl (C=O) groups excluding carboxylic acids is 3. The van der Waals surface area contributed by atoms with E-state index in [-0.39, 0.29) is 24.1 Å². The molecule has 2 aliphatic rings. The highest BCUT2D eigenvalue weighted by molar-refractivity contribution is 7.52. The Morgan fingerprint density at radius 2 is 1.97 bits per heavy atom. The molecule has 0 saturated carbocycles. The molecule has 2 heterocycles. The smallest absolute Gasteiger partial charge is 0.459 e. The first-order chi connectivity index (χ1) is 16.8. The predicted octanol–water partition coefficient (Wildman–Crippen LogP) is 1.24. The second-order valence-corrected chi connectivity index (χ2v) is 10.8. The Morgan fingerprint density at radius 1 is 1.31 bits per heavy atom. The number of benzene rings is 1. The molecule has 4 N–H and O–H groups in total. The van der Waals surface area contributed by atoms with Crippen molar-refractivity contribution in [3.05, 3.63) is 42.6 Å². The van der Waals surface area contributed by atoms with Crippen LogP contribution in [0.2, 0.25) is 0 Å². The van der Waals surface area contributed by atoms with Gasteiger partial charge in [-0.05, 0) is 45.9 Å². The number of esters is 1. The van der Waals surface area contributed by atoms with Crippen molar-refractivity contribution in [1.82, 2.24) is 9.99 Å². The van der Waals surface area contributed by atoms with Crippen molar-refractivity contribution in [2.24, 2.45) is 5.73 Å². The monoisotopic (exact) mass is 525 g/mol. The number of hydrogen-bond acceptors (Lipinski definition) is 10. The number of nitrogens with one attached hydrogen (secondary N) is 1. The van der Waals surface area contributed by atoms with E-state index in [1.807, 2.05) is 0 Å². The third kappa shape index (κ3) is 6.58. The summed E-state index contributed by atoms with van der Waals surface area (Å²) in [6, 6.07) is 7.12. The largest absolute Gasteiger partial charge is 0.462 e. The number of carbonyl (C=O) groups is 3. The normalized spacial score (nSPS) is 28.8. The minimum Gasteiger partial charge on any atom is -0.462 e. The van der Waals surface area contributed by atoms with Crippen molar-refractivity contribution in [2.45, 2.75) is 70.2 Å². The van der Waals surface area contributed by atoms with Crippen LogP contribution in [0.1, 0.15) is 34.1 Å². The molecule has 2 aliphatic heterocycles. The Labute approximate surface area is 209 Å². The van der Waals surface area contributed by atoms with Crippen LogP contribution in [-0.4, -0.2) is 70.4 Å². The van der Waals surface area contributed by atoms with Gasteiger partial charge in [-0.2, -0.15) is 5.09 Å². The molecule has 1 saturated heterocycles. The molecule has 0 spiro atoms. The number of ether oxygens (including phenoxy) is 2. The van der Waals surface area contributed by atoms with Gasteiger partial charge in [-0.15, -0.1) is 0 Å². The minimum absolute atomic E-state index is 0.209. The Bertz CT molecular complexity index is 1050. The summed E-state index contributed by atoms with van der Waals surface area (Å²) in [7, 11) is -4.21. The first kappa shape index (κ1) is 28.0. The third-order valence-electron chi connectivity index (χ3n) is 5.55. The number of ketones is 1. The van der Waals surface area contributed by atoms with Crippen molar-refractivity contribution in [1.29, 1.82) is 0 Å². The number of hydrogen-bond donors (Lipinski definition) is 3. The molecule has 1 unspecified atom stereocenters. The van der Waals surface area contributed by atoms with E-state index in [0.29, 0.717) is 0 Å². The van der Waals surface area contributed by atoms with E-state index in [2.05, 4.69) is 5.09 Å². The third-order valence-corrected chi connectivity index (χ3v) is 7.19. The van der Waals surface area contributed by atoms with Crippen LogP contribution in [0.5, 0.6) is 5.75 Å². The lowest BCUT2D eigenvalue weighted by Crippen LogP contribution is -2.59. The fraction of sp³-hybridized carbons (Fsp3) is 0.522. The number of rotatable bonds is 10. The molecule has 1 aromatic carbocycles. The summed E-state index contributed by atoms with van der Waals surface area (Å²) in [6.45, 7) is 5.83. The molecule has 1 aromatic rings. The van der Waals surface area contributed by atoms with Crippen molar-refractivity contribution >= 4 is 25.4 Å². The summed E-state index contributed by atoms with van der Waals surface area (Å²) in [6.07, 6.45) is -1.82. The lowest BCUT2D eigenvalue weighted by Gasteiger charge is -2.35. The van der Waals surface area contributed by atoms with E-state index in [0.717, 1.165) is 4.90 Å². The molecule has 1 amide bonds. The number of aliphatic hydroxyl groups excluding tert-OH is 1. The van der Waals surface area contributed by atoms with Crippen molar-refractivity contribution in [3.63, 3.8) is 0 Å². The molecular formula is C23H32N3O9P. The fourth-order valence-electron chi connectivity index (χ4n) is 3.69. The first-order valence-electron chi connectivity index (χ1n) is 11.4. The maximum absolute atomic E-state index is 13.6. The Morgan fingerprint density at radius 3 is 2.58 bits per heavy atom. The zero-order valence-electron chi connectivity index (χ0n) is 20.5. The van der Waals surface area contributed by atoms with Crippen molar-refractivity contribution in [3.8, 4) is 5.75 Å². The summed E-state index contributed by atoms with van der Waals surface area (Å²) in [5.74, 6) is -1.35. The highest BCUT2D eigenvalue weighted by atomic mass is 31.2. The van der Waals surface area contributed by atoms with Crippen LogP contribution in [-0.2, 0) is 32.9 Å². The average Bonchev–Trinajstić information content (AvgIpc) is 3.01. The molecule has 13 heteroatoms. The van der Waals surface area contributed by atoms with Gasteiger partial charge in [0.25, 0.3) is 0 Å². The lowest BCUT2D eigenvalue weighted by molar-refractivity contribution is -0.149. The summed E-state index contributed by atoms with van der Waals surface area (Å²) in [5.41, 5.74) is 4.85. The SMILES string of the molecule is CC(C)OC(=O)[C@@H](C)NP(=O)(OC[C@H]1O[C@@H](N2C=CC(=O)CC2=O)[C@](C)(N)[C@@H]1O)Oc1ccccc1. The molecule has 0 aromatic heterocycles. The van der Waals surface area contributed by atoms with Crippen molar-refractivity contribution in [2.75, 3.05) is 6.61 Å². The van der Waals surface area contributed by atoms with Gasteiger partial charge in [-0.25, -0.2) is 4.57 Å². The van der Waals surface area contributed by atoms with Crippen LogP contribution < -0.4 is 15.3 Å². The molecule has 36 heavy (non-hydrogen) atoms. The fourth-order valence-corrected chi connectivity index (χ4v) is 5.19. The number of para-hydroxylation sites is 1. The van der Waals surface area contributed by atoms with Gasteiger partial charge in [0.05, 0.1) is 24.7 Å². The Kier molecular flexibility index (Phi) is 8.71. The molecule has 12 nitrogen and oxygen atoms in total. The van der Waals surface area contributed by atoms with E-state index in [9.17, 15) is 24.1 Å². The molecule has 0 aliphatic carbocycles. The van der Waals surface area contributed by atoms with Crippen LogP contribution in [0.3, 0.4) is 0 Å². The van der Waals surface area contributed by atoms with Gasteiger partial charge in [0.15, 0.2) is 12.0 Å². The molecule has 198 valence electrons. The van der Waals surface area contributed by atoms with Crippen molar-refractivity contribution < 1.29 is 42.6 Å². The molecule has 0 radical (unpaired) electrons. The maximum Gasteiger partial charge on any atom is 0.459 e. The number of allylic oxidation sites excluding steroid dienone is 1. The summed E-state index contributed by atoms with van der Waals surface area (Å²) >= 11 is 0. The maximum atomic E-state index is 13.6. The van der Waals surface area contributed by atoms with Crippen LogP contribution >= 0.6 is 7.75 Å². The topological polar surface area (TPSA) is 167 Å². The predicted molar refractivity (Wildman–Crippen MR) is 127 cm³/mol. The highest BCUT2D eigenvalue weighted by Crippen LogP contribution is 2.46. The number of aliphatic hydroxyl groups is 1. The van der Waals surface area contributed by atoms with E-state index >= 15 is 0 Å². The van der Waals surface area contributed by atoms with Crippen LogP contribution in [0.25, 0.3) is 0 Å². The molecular weight excluding hydrogens is 493 g/mol. The van der Waals surface area contributed by atoms with Gasteiger partial charge in [0, 0.05) is 6.20 Å². The molecule has 6 atom stereocenters. The molecule has 1 fully saturated rings. The van der Waals surface area contributed by atoms with E-state index < -0.39 is 56.2 Å². The summed E-state index contributed by atoms with van der Waals surface area (Å²) in [5, 5.41) is 13.4. The summed E-state index contributed by atoms with van der Waals surface area (Å²) < 4.78 is 35.8. The lowest BCUT2D eigenvalue weighted by atomic mass is 9.92. The van der Waals surface area contributed by atoms with Crippen LogP contribution in [0.4, 0.5) is 0 Å². The second kappa shape index (κ2) is 11.2. The minimum atomic E-state index is -4.21. The number of nitrogens with zero attached hydrogens (tertiary/aromatic N) is 1. The highest BCUT2D eigenvalue weighted by Gasteiger charge is 2.54. The molecule has 3 rings (SSSR count). The van der Waals surface area contributed by atoms with E-state index in [4.69, 9.17) is 24.3 Å². The average molecular weight is 525 g/mol. The quantitative estimate of drug-likeness (QED) is 0.228.